The first-order valence-electron chi connectivity index (χ1n) is 9.52. The highest BCUT2D eigenvalue weighted by Gasteiger charge is 2.15. The highest BCUT2D eigenvalue weighted by atomic mass is 16.5. The molecule has 152 valence electrons. The van der Waals surface area contributed by atoms with Gasteiger partial charge >= 0.3 is 0 Å². The van der Waals surface area contributed by atoms with Crippen LogP contribution < -0.4 is 14.8 Å². The van der Waals surface area contributed by atoms with Crippen molar-refractivity contribution in [3.05, 3.63) is 24.3 Å². The van der Waals surface area contributed by atoms with Gasteiger partial charge in [-0.15, -0.1) is 0 Å². The average molecular weight is 379 g/mol. The molecule has 0 aliphatic rings. The lowest BCUT2D eigenvalue weighted by Crippen LogP contribution is -2.46. The van der Waals surface area contributed by atoms with Crippen molar-refractivity contribution in [2.45, 2.75) is 33.8 Å². The van der Waals surface area contributed by atoms with Crippen LogP contribution in [0.3, 0.4) is 0 Å². The Labute approximate surface area is 163 Å². The summed E-state index contributed by atoms with van der Waals surface area (Å²) in [5.74, 6) is 2.28. The van der Waals surface area contributed by atoms with Crippen LogP contribution in [-0.2, 0) is 4.79 Å². The molecule has 0 spiro atoms. The molecular formula is C20H34N4O3. The van der Waals surface area contributed by atoms with Gasteiger partial charge in [0.05, 0.1) is 20.2 Å². The summed E-state index contributed by atoms with van der Waals surface area (Å²) in [6.45, 7) is 10.9. The Balaban J connectivity index is 2.69. The Morgan fingerprint density at radius 3 is 2.48 bits per heavy atom. The number of methoxy groups -OCH3 is 1. The van der Waals surface area contributed by atoms with Crippen molar-refractivity contribution in [2.24, 2.45) is 4.99 Å². The topological polar surface area (TPSA) is 66.4 Å². The number of nitrogens with zero attached hydrogens (tertiary/aromatic N) is 3. The van der Waals surface area contributed by atoms with Crippen LogP contribution in [0.25, 0.3) is 0 Å². The number of carbonyl (C=O) groups excluding carboxylic acids is 1. The zero-order valence-corrected chi connectivity index (χ0v) is 17.5. The van der Waals surface area contributed by atoms with Crippen LogP contribution in [0.5, 0.6) is 11.5 Å². The van der Waals surface area contributed by atoms with Gasteiger partial charge in [0.1, 0.15) is 17.6 Å². The summed E-state index contributed by atoms with van der Waals surface area (Å²) in [6.07, 6.45) is -0.113. The smallest absolute Gasteiger partial charge is 0.242 e. The largest absolute Gasteiger partial charge is 0.497 e. The molecule has 1 unspecified atom stereocenters. The van der Waals surface area contributed by atoms with Gasteiger partial charge in [0.25, 0.3) is 0 Å². The molecule has 0 fully saturated rings. The number of benzene rings is 1. The Bertz CT molecular complexity index is 603. The molecule has 7 heteroatoms. The molecule has 0 heterocycles. The van der Waals surface area contributed by atoms with Crippen molar-refractivity contribution in [2.75, 3.05) is 46.9 Å². The van der Waals surface area contributed by atoms with Crippen LogP contribution in [0.1, 0.15) is 27.7 Å². The molecule has 0 saturated carbocycles. The number of hydrogen-bond donors (Lipinski definition) is 1. The number of aliphatic imine (C=N–C) groups is 1. The number of hydrogen-bond acceptors (Lipinski definition) is 4. The fourth-order valence-electron chi connectivity index (χ4n) is 2.58. The summed E-state index contributed by atoms with van der Waals surface area (Å²) >= 11 is 0. The SMILES string of the molecule is CCNC(=NCC(C)Oc1cccc(OC)c1)N(C)CC(=O)N(CC)CC. The van der Waals surface area contributed by atoms with E-state index in [1.54, 1.807) is 7.11 Å². The zero-order chi connectivity index (χ0) is 20.2. The minimum Gasteiger partial charge on any atom is -0.497 e. The van der Waals surface area contributed by atoms with Crippen LogP contribution in [0.2, 0.25) is 0 Å². The van der Waals surface area contributed by atoms with Gasteiger partial charge in [0.15, 0.2) is 5.96 Å². The van der Waals surface area contributed by atoms with Gasteiger partial charge in [-0.2, -0.15) is 0 Å². The molecule has 1 atom stereocenters. The van der Waals surface area contributed by atoms with Crippen molar-refractivity contribution in [3.63, 3.8) is 0 Å². The van der Waals surface area contributed by atoms with Crippen LogP contribution in [0.15, 0.2) is 29.3 Å². The Hall–Kier alpha value is -2.44. The standard InChI is InChI=1S/C20H34N4O3/c1-7-21-20(23(5)15-19(25)24(8-2)9-3)22-14-16(4)27-18-12-10-11-17(13-18)26-6/h10-13,16H,7-9,14-15H2,1-6H3,(H,21,22). The third-order valence-corrected chi connectivity index (χ3v) is 4.06. The quantitative estimate of drug-likeness (QED) is 0.500. The first-order valence-corrected chi connectivity index (χ1v) is 9.52. The van der Waals surface area contributed by atoms with E-state index in [9.17, 15) is 4.79 Å². The third kappa shape index (κ3) is 7.76. The summed E-state index contributed by atoms with van der Waals surface area (Å²) in [5, 5.41) is 3.23. The van der Waals surface area contributed by atoms with Crippen LogP contribution in [-0.4, -0.2) is 74.7 Å². The lowest BCUT2D eigenvalue weighted by Gasteiger charge is -2.26. The van der Waals surface area contributed by atoms with Crippen LogP contribution >= 0.6 is 0 Å². The van der Waals surface area contributed by atoms with Gasteiger partial charge in [-0.3, -0.25) is 4.79 Å². The maximum Gasteiger partial charge on any atom is 0.242 e. The lowest BCUT2D eigenvalue weighted by molar-refractivity contribution is -0.131. The van der Waals surface area contributed by atoms with E-state index in [1.807, 2.05) is 68.8 Å². The number of guanidine groups is 1. The van der Waals surface area contributed by atoms with E-state index in [1.165, 1.54) is 0 Å². The molecule has 0 saturated heterocycles. The van der Waals surface area contributed by atoms with E-state index in [-0.39, 0.29) is 12.0 Å². The van der Waals surface area contributed by atoms with Crippen molar-refractivity contribution >= 4 is 11.9 Å². The highest BCUT2D eigenvalue weighted by Crippen LogP contribution is 2.19. The number of carbonyl (C=O) groups is 1. The molecule has 0 aliphatic carbocycles. The number of likely N-dealkylation sites (N-methyl/N-ethyl adjacent to an activating group) is 2. The maximum absolute atomic E-state index is 12.3. The molecule has 1 aromatic rings. The Morgan fingerprint density at radius 1 is 1.22 bits per heavy atom. The van der Waals surface area contributed by atoms with Gasteiger partial charge in [-0.1, -0.05) is 6.07 Å². The fourth-order valence-corrected chi connectivity index (χ4v) is 2.58. The summed E-state index contributed by atoms with van der Waals surface area (Å²) < 4.78 is 11.1. The highest BCUT2D eigenvalue weighted by molar-refractivity contribution is 5.86. The summed E-state index contributed by atoms with van der Waals surface area (Å²) in [5.41, 5.74) is 0. The lowest BCUT2D eigenvalue weighted by atomic mass is 10.3. The average Bonchev–Trinajstić information content (AvgIpc) is 2.66. The van der Waals surface area contributed by atoms with Crippen molar-refractivity contribution in [3.8, 4) is 11.5 Å². The zero-order valence-electron chi connectivity index (χ0n) is 17.5. The molecule has 0 aliphatic heterocycles. The summed E-state index contributed by atoms with van der Waals surface area (Å²) in [6, 6.07) is 7.50. The molecule has 1 aromatic carbocycles. The van der Waals surface area contributed by atoms with Gasteiger partial charge in [0, 0.05) is 32.7 Å². The van der Waals surface area contributed by atoms with E-state index in [4.69, 9.17) is 9.47 Å². The molecule has 0 radical (unpaired) electrons. The van der Waals surface area contributed by atoms with Gasteiger partial charge in [-0.05, 0) is 39.8 Å². The first-order chi connectivity index (χ1) is 12.9. The fraction of sp³-hybridized carbons (Fsp3) is 0.600. The van der Waals surface area contributed by atoms with Crippen molar-refractivity contribution in [1.82, 2.24) is 15.1 Å². The molecule has 0 aromatic heterocycles. The van der Waals surface area contributed by atoms with E-state index >= 15 is 0 Å². The maximum atomic E-state index is 12.3. The van der Waals surface area contributed by atoms with Crippen molar-refractivity contribution < 1.29 is 14.3 Å². The van der Waals surface area contributed by atoms with E-state index in [0.29, 0.717) is 32.1 Å². The second kappa shape index (κ2) is 12.0. The molecule has 1 N–H and O–H groups in total. The molecule has 0 bridgehead atoms. The molecule has 27 heavy (non-hydrogen) atoms. The second-order valence-corrected chi connectivity index (χ2v) is 6.22. The number of amides is 1. The van der Waals surface area contributed by atoms with E-state index in [2.05, 4.69) is 10.3 Å². The number of ether oxygens (including phenoxy) is 2. The second-order valence-electron chi connectivity index (χ2n) is 6.22. The number of nitrogens with one attached hydrogen (secondary N) is 1. The summed E-state index contributed by atoms with van der Waals surface area (Å²) in [4.78, 5) is 20.6. The van der Waals surface area contributed by atoms with Gasteiger partial charge < -0.3 is 24.6 Å². The van der Waals surface area contributed by atoms with Crippen LogP contribution in [0, 0.1) is 0 Å². The van der Waals surface area contributed by atoms with E-state index in [0.717, 1.165) is 18.0 Å². The first kappa shape index (κ1) is 22.6. The van der Waals surface area contributed by atoms with Gasteiger partial charge in [0.2, 0.25) is 5.91 Å². The van der Waals surface area contributed by atoms with Crippen molar-refractivity contribution in [1.29, 1.82) is 0 Å². The van der Waals surface area contributed by atoms with Crippen LogP contribution in [0.4, 0.5) is 0 Å². The normalized spacial score (nSPS) is 12.3. The minimum atomic E-state index is -0.113. The molecule has 7 nitrogen and oxygen atoms in total. The predicted octanol–water partition coefficient (Wildman–Crippen LogP) is 2.23. The van der Waals surface area contributed by atoms with Gasteiger partial charge in [-0.25, -0.2) is 4.99 Å². The minimum absolute atomic E-state index is 0.0915. The monoisotopic (exact) mass is 378 g/mol. The Kier molecular flexibility index (Phi) is 10.1. The van der Waals surface area contributed by atoms with E-state index < -0.39 is 0 Å². The Morgan fingerprint density at radius 2 is 1.89 bits per heavy atom. The molecular weight excluding hydrogens is 344 g/mol. The predicted molar refractivity (Wildman–Crippen MR) is 110 cm³/mol. The number of rotatable bonds is 10. The molecule has 1 amide bonds. The molecule has 1 rings (SSSR count). The summed E-state index contributed by atoms with van der Waals surface area (Å²) in [7, 11) is 3.50. The third-order valence-electron chi connectivity index (χ3n) is 4.06.